The van der Waals surface area contributed by atoms with Gasteiger partial charge in [0.2, 0.25) is 0 Å². The van der Waals surface area contributed by atoms with Crippen molar-refractivity contribution in [3.8, 4) is 0 Å². The average Bonchev–Trinajstić information content (AvgIpc) is 2.83. The quantitative estimate of drug-likeness (QED) is 0.447. The van der Waals surface area contributed by atoms with Gasteiger partial charge in [-0.25, -0.2) is 8.78 Å². The molecule has 2 aliphatic heterocycles. The fourth-order valence-electron chi connectivity index (χ4n) is 2.12. The SMILES string of the molecule is [2H]C1([2H])OC([2H])([2H])C([2H])([2H])N(c2ccc(N)cc2F)C1([2H])[2H].[2H]C1([2H])OC([2H])([2H])C([2H])([2H])N(c2ccc([N+](=O)[O-])cc2F)C1([2H])[2H]. The molecule has 0 amide bonds. The number of ether oxygens (including phenoxy) is 2. The molecule has 0 aliphatic carbocycles. The molecule has 0 spiro atoms. The minimum absolute atomic E-state index is 0.00153. The third kappa shape index (κ3) is 5.55. The second kappa shape index (κ2) is 10.2. The van der Waals surface area contributed by atoms with Crippen molar-refractivity contribution in [3.05, 3.63) is 58.1 Å². The maximum absolute atomic E-state index is 14.2. The van der Waals surface area contributed by atoms with E-state index in [-0.39, 0.29) is 15.5 Å². The van der Waals surface area contributed by atoms with Gasteiger partial charge in [-0.05, 0) is 24.3 Å². The molecule has 162 valence electrons. The molecule has 2 heterocycles. The standard InChI is InChI=1S/C10H11FN2O3.C10H13FN2O/c11-9-7-8(13(14)15)1-2-10(9)12-3-5-16-6-4-12;11-9-7-8(12)1-2-10(9)13-3-5-14-6-4-13/h1-2,7H,3-6H2;1-2,7H,3-6,12H2/i2*3D2,4D2,5D2,6D2. The molecule has 2 aromatic carbocycles. The van der Waals surface area contributed by atoms with Crippen LogP contribution >= 0.6 is 0 Å². The Balaban J connectivity index is 0.000000251. The van der Waals surface area contributed by atoms with Crippen molar-refractivity contribution in [3.63, 3.8) is 0 Å². The number of anilines is 3. The van der Waals surface area contributed by atoms with E-state index in [1.807, 2.05) is 0 Å². The fourth-order valence-corrected chi connectivity index (χ4v) is 2.12. The van der Waals surface area contributed by atoms with Crippen molar-refractivity contribution in [1.82, 2.24) is 0 Å². The summed E-state index contributed by atoms with van der Waals surface area (Å²) in [6, 6.07) is 4.79. The number of rotatable bonds is 3. The van der Waals surface area contributed by atoms with E-state index < -0.39 is 85.8 Å². The zero-order valence-corrected chi connectivity index (χ0v) is 14.8. The number of nitro groups is 1. The molecule has 2 saturated heterocycles. The maximum atomic E-state index is 14.2. The van der Waals surface area contributed by atoms with Gasteiger partial charge in [0.1, 0.15) is 5.82 Å². The first kappa shape index (κ1) is 9.03. The predicted octanol–water partition coefficient (Wildman–Crippen LogP) is 2.82. The largest absolute Gasteiger partial charge is 0.399 e. The van der Waals surface area contributed by atoms with Crippen molar-refractivity contribution in [2.75, 3.05) is 67.8 Å². The lowest BCUT2D eigenvalue weighted by Gasteiger charge is -2.29. The molecular formula is C20H24F2N4O4. The molecule has 30 heavy (non-hydrogen) atoms. The molecular weight excluding hydrogens is 398 g/mol. The number of non-ortho nitro benzene ring substituents is 1. The van der Waals surface area contributed by atoms with Crippen LogP contribution < -0.4 is 15.5 Å². The molecule has 0 atom stereocenters. The normalized spacial score (nSPS) is 37.9. The first-order valence-electron chi connectivity index (χ1n) is 15.9. The number of hydrogen-bond donors (Lipinski definition) is 1. The summed E-state index contributed by atoms with van der Waals surface area (Å²) in [5, 5.41) is 10.6. The van der Waals surface area contributed by atoms with Crippen molar-refractivity contribution in [1.29, 1.82) is 0 Å². The van der Waals surface area contributed by atoms with Crippen LogP contribution in [0.2, 0.25) is 0 Å². The molecule has 0 saturated carbocycles. The number of nitrogen functional groups attached to an aromatic ring is 1. The monoisotopic (exact) mass is 438 g/mol. The Morgan fingerprint density at radius 1 is 0.900 bits per heavy atom. The highest BCUT2D eigenvalue weighted by Gasteiger charge is 2.18. The van der Waals surface area contributed by atoms with Crippen LogP contribution in [-0.4, -0.2) is 57.1 Å². The van der Waals surface area contributed by atoms with Crippen molar-refractivity contribution < 1.29 is 45.1 Å². The number of morpholine rings is 2. The van der Waals surface area contributed by atoms with Crippen LogP contribution in [0.25, 0.3) is 0 Å². The second-order valence-electron chi connectivity index (χ2n) is 5.33. The first-order valence-corrected chi connectivity index (χ1v) is 7.89. The van der Waals surface area contributed by atoms with Crippen LogP contribution in [0.5, 0.6) is 0 Å². The summed E-state index contributed by atoms with van der Waals surface area (Å²) < 4.78 is 159. The van der Waals surface area contributed by atoms with Gasteiger partial charge in [0.15, 0.2) is 5.82 Å². The lowest BCUT2D eigenvalue weighted by Crippen LogP contribution is -2.36. The van der Waals surface area contributed by atoms with E-state index in [1.54, 1.807) is 0 Å². The van der Waals surface area contributed by atoms with Crippen molar-refractivity contribution in [2.45, 2.75) is 0 Å². The van der Waals surface area contributed by atoms with Crippen LogP contribution in [0, 0.1) is 21.7 Å². The van der Waals surface area contributed by atoms with E-state index >= 15 is 0 Å². The summed E-state index contributed by atoms with van der Waals surface area (Å²) in [7, 11) is 0. The number of nitrogens with two attached hydrogens (primary N) is 1. The topological polar surface area (TPSA) is 94.1 Å². The zero-order chi connectivity index (χ0) is 35.9. The Kier molecular flexibility index (Phi) is 3.06. The summed E-state index contributed by atoms with van der Waals surface area (Å²) in [6.45, 7) is -26.1. The summed E-state index contributed by atoms with van der Waals surface area (Å²) >= 11 is 0. The molecule has 2 aliphatic rings. The van der Waals surface area contributed by atoms with Crippen LogP contribution in [0.4, 0.5) is 31.5 Å². The molecule has 0 bridgehead atoms. The van der Waals surface area contributed by atoms with E-state index in [1.165, 1.54) is 6.07 Å². The minimum Gasteiger partial charge on any atom is -0.399 e. The van der Waals surface area contributed by atoms with Gasteiger partial charge in [0, 0.05) is 37.7 Å². The van der Waals surface area contributed by atoms with Gasteiger partial charge in [-0.2, -0.15) is 0 Å². The Hall–Kier alpha value is -2.98. The number of benzene rings is 2. The van der Waals surface area contributed by atoms with E-state index in [4.69, 9.17) is 27.7 Å². The van der Waals surface area contributed by atoms with Crippen LogP contribution in [0.15, 0.2) is 36.4 Å². The Labute approximate surface area is 195 Å². The van der Waals surface area contributed by atoms with Crippen LogP contribution in [0.1, 0.15) is 21.9 Å². The van der Waals surface area contributed by atoms with E-state index in [0.717, 1.165) is 18.2 Å². The molecule has 2 N–H and O–H groups in total. The molecule has 8 nitrogen and oxygen atoms in total. The van der Waals surface area contributed by atoms with E-state index in [9.17, 15) is 18.9 Å². The summed E-state index contributed by atoms with van der Waals surface area (Å²) in [6.07, 6.45) is 0. The second-order valence-corrected chi connectivity index (χ2v) is 5.33. The van der Waals surface area contributed by atoms with Gasteiger partial charge in [-0.15, -0.1) is 0 Å². The summed E-state index contributed by atoms with van der Waals surface area (Å²) in [4.78, 5) is 9.70. The van der Waals surface area contributed by atoms with Gasteiger partial charge in [-0.1, -0.05) is 0 Å². The van der Waals surface area contributed by atoms with Gasteiger partial charge < -0.3 is 25.0 Å². The molecule has 2 fully saturated rings. The minimum atomic E-state index is -3.34. The highest BCUT2D eigenvalue weighted by atomic mass is 19.1. The molecule has 4 rings (SSSR count). The number of hydrogen-bond acceptors (Lipinski definition) is 7. The highest BCUT2D eigenvalue weighted by molar-refractivity contribution is 5.55. The van der Waals surface area contributed by atoms with Crippen molar-refractivity contribution >= 4 is 22.7 Å². The van der Waals surface area contributed by atoms with Gasteiger partial charge in [0.25, 0.3) is 5.69 Å². The summed E-state index contributed by atoms with van der Waals surface area (Å²) in [5.74, 6) is -2.52. The van der Waals surface area contributed by atoms with Gasteiger partial charge in [0.05, 0.1) is 70.5 Å². The fraction of sp³-hybridized carbons (Fsp3) is 0.400. The molecule has 0 aromatic heterocycles. The third-order valence-corrected chi connectivity index (χ3v) is 3.43. The van der Waals surface area contributed by atoms with Gasteiger partial charge >= 0.3 is 0 Å². The molecule has 0 unspecified atom stereocenters. The van der Waals surface area contributed by atoms with Crippen LogP contribution in [-0.2, 0) is 9.47 Å². The third-order valence-electron chi connectivity index (χ3n) is 3.43. The maximum Gasteiger partial charge on any atom is 0.272 e. The van der Waals surface area contributed by atoms with Gasteiger partial charge in [-0.3, -0.25) is 10.1 Å². The van der Waals surface area contributed by atoms with E-state index in [0.29, 0.717) is 12.1 Å². The Morgan fingerprint density at radius 2 is 1.37 bits per heavy atom. The van der Waals surface area contributed by atoms with Crippen molar-refractivity contribution in [2.24, 2.45) is 0 Å². The Bertz CT molecular complexity index is 1480. The molecule has 2 aromatic rings. The van der Waals surface area contributed by atoms with E-state index in [2.05, 4.69) is 9.47 Å². The molecule has 10 heteroatoms. The zero-order valence-electron chi connectivity index (χ0n) is 30.8. The average molecular weight is 439 g/mol. The number of nitrogens with zero attached hydrogens (tertiary/aromatic N) is 3. The molecule has 0 radical (unpaired) electrons. The number of nitro benzene ring substituents is 1. The smallest absolute Gasteiger partial charge is 0.272 e. The van der Waals surface area contributed by atoms with Crippen LogP contribution in [0.3, 0.4) is 0 Å². The summed E-state index contributed by atoms with van der Waals surface area (Å²) in [5.41, 5.74) is 3.15. The lowest BCUT2D eigenvalue weighted by molar-refractivity contribution is -0.385. The highest BCUT2D eigenvalue weighted by Crippen LogP contribution is 2.24. The predicted molar refractivity (Wildman–Crippen MR) is 110 cm³/mol. The first-order chi connectivity index (χ1) is 20.4. The number of halogens is 2. The Morgan fingerprint density at radius 3 is 1.80 bits per heavy atom. The lowest BCUT2D eigenvalue weighted by atomic mass is 10.2.